The fourth-order valence-electron chi connectivity index (χ4n) is 1.91. The Balaban J connectivity index is 2.20. The smallest absolute Gasteiger partial charge is 0.409 e. The Bertz CT molecular complexity index is 745. The van der Waals surface area contributed by atoms with Gasteiger partial charge in [-0.15, -0.1) is 0 Å². The lowest BCUT2D eigenvalue weighted by Gasteiger charge is -2.14. The number of hydrogen-bond acceptors (Lipinski definition) is 2. The highest BCUT2D eigenvalue weighted by Gasteiger charge is 2.33. The van der Waals surface area contributed by atoms with E-state index in [9.17, 15) is 18.0 Å². The molecule has 1 amide bonds. The minimum absolute atomic E-state index is 0.232. The molecule has 2 rings (SSSR count). The molecule has 0 spiro atoms. The molecular weight excluding hydrogens is 375 g/mol. The molecule has 1 N–H and O–H groups in total. The lowest BCUT2D eigenvalue weighted by molar-refractivity contribution is -0.136. The molecule has 0 saturated heterocycles. The normalized spacial score (nSPS) is 11.2. The van der Waals surface area contributed by atoms with Gasteiger partial charge < -0.3 is 4.74 Å². The van der Waals surface area contributed by atoms with Gasteiger partial charge in [-0.05, 0) is 65.2 Å². The second-order valence-corrected chi connectivity index (χ2v) is 5.78. The van der Waals surface area contributed by atoms with Crippen molar-refractivity contribution < 1.29 is 22.7 Å². The zero-order chi connectivity index (χ0) is 17.2. The number of carbonyl (C=O) groups is 1. The summed E-state index contributed by atoms with van der Waals surface area (Å²) in [5.41, 5.74) is 0.597. The molecule has 0 bridgehead atoms. The number of benzene rings is 2. The third kappa shape index (κ3) is 4.25. The predicted molar refractivity (Wildman–Crippen MR) is 84.7 cm³/mol. The van der Waals surface area contributed by atoms with Crippen molar-refractivity contribution in [3.63, 3.8) is 0 Å². The number of carbonyl (C=O) groups excluding carboxylic acids is 1. The van der Waals surface area contributed by atoms with Gasteiger partial charge in [0.2, 0.25) is 0 Å². The number of hydrogen-bond donors (Lipinski definition) is 1. The van der Waals surface area contributed by atoms with Crippen molar-refractivity contribution in [1.29, 1.82) is 0 Å². The summed E-state index contributed by atoms with van der Waals surface area (Å²) in [6.45, 7) is 3.73. The van der Waals surface area contributed by atoms with Crippen LogP contribution in [0.2, 0.25) is 0 Å². The van der Waals surface area contributed by atoms with Crippen LogP contribution in [0.15, 0.2) is 40.9 Å². The summed E-state index contributed by atoms with van der Waals surface area (Å²) in [5, 5.41) is 2.12. The summed E-state index contributed by atoms with van der Waals surface area (Å²) in [6, 6.07) is 8.10. The zero-order valence-corrected chi connectivity index (χ0v) is 13.9. The number of para-hydroxylation sites is 1. The van der Waals surface area contributed by atoms with Gasteiger partial charge in [-0.3, -0.25) is 5.32 Å². The fourth-order valence-corrected chi connectivity index (χ4v) is 2.45. The largest absolute Gasteiger partial charge is 0.418 e. The lowest BCUT2D eigenvalue weighted by atomic mass is 10.1. The van der Waals surface area contributed by atoms with Crippen molar-refractivity contribution in [1.82, 2.24) is 0 Å². The maximum Gasteiger partial charge on any atom is 0.418 e. The molecule has 0 fully saturated rings. The van der Waals surface area contributed by atoms with E-state index in [0.29, 0.717) is 4.47 Å². The Morgan fingerprint density at radius 2 is 1.74 bits per heavy atom. The molecule has 0 aliphatic carbocycles. The molecule has 0 aliphatic rings. The number of amides is 1. The maximum atomic E-state index is 12.9. The fraction of sp³-hybridized carbons (Fsp3) is 0.188. The predicted octanol–water partition coefficient (Wildman–Crippen LogP) is 5.70. The number of anilines is 1. The van der Waals surface area contributed by atoms with E-state index in [1.807, 2.05) is 13.8 Å². The highest BCUT2D eigenvalue weighted by Crippen LogP contribution is 2.35. The third-order valence-electron chi connectivity index (χ3n) is 3.22. The van der Waals surface area contributed by atoms with Gasteiger partial charge in [0.1, 0.15) is 5.75 Å². The standard InChI is InChI=1S/C16H13BrF3NO2/c1-9-7-12(17)14(8-10(9)2)23-15(22)21-13-6-4-3-5-11(13)16(18,19)20/h3-8H,1-2H3,(H,21,22). The van der Waals surface area contributed by atoms with Crippen LogP contribution in [-0.4, -0.2) is 6.09 Å². The Kier molecular flexibility index (Phi) is 4.99. The Morgan fingerprint density at radius 3 is 2.39 bits per heavy atom. The molecular formula is C16H13BrF3NO2. The molecule has 0 unspecified atom stereocenters. The van der Waals surface area contributed by atoms with Crippen molar-refractivity contribution in [2.24, 2.45) is 0 Å². The van der Waals surface area contributed by atoms with Gasteiger partial charge in [0.25, 0.3) is 0 Å². The summed E-state index contributed by atoms with van der Waals surface area (Å²) < 4.78 is 44.3. The van der Waals surface area contributed by atoms with Gasteiger partial charge in [-0.25, -0.2) is 4.79 Å². The van der Waals surface area contributed by atoms with Crippen molar-refractivity contribution in [2.45, 2.75) is 20.0 Å². The third-order valence-corrected chi connectivity index (χ3v) is 3.84. The number of rotatable bonds is 2. The number of ether oxygens (including phenoxy) is 1. The van der Waals surface area contributed by atoms with E-state index in [1.165, 1.54) is 18.2 Å². The van der Waals surface area contributed by atoms with E-state index in [2.05, 4.69) is 21.2 Å². The van der Waals surface area contributed by atoms with Gasteiger partial charge in [-0.1, -0.05) is 12.1 Å². The summed E-state index contributed by atoms with van der Waals surface area (Å²) in [7, 11) is 0. The van der Waals surface area contributed by atoms with Crippen LogP contribution in [0.3, 0.4) is 0 Å². The molecule has 3 nitrogen and oxygen atoms in total. The van der Waals surface area contributed by atoms with Crippen LogP contribution in [0.4, 0.5) is 23.7 Å². The molecule has 0 saturated carbocycles. The number of nitrogens with one attached hydrogen (secondary N) is 1. The van der Waals surface area contributed by atoms with E-state index >= 15 is 0 Å². The van der Waals surface area contributed by atoms with Crippen molar-refractivity contribution in [3.05, 3.63) is 57.6 Å². The second kappa shape index (κ2) is 6.62. The Labute approximate surface area is 139 Å². The summed E-state index contributed by atoms with van der Waals surface area (Å²) in [5.74, 6) is 0.232. The van der Waals surface area contributed by atoms with Gasteiger partial charge in [0.05, 0.1) is 15.7 Å². The molecule has 7 heteroatoms. The zero-order valence-electron chi connectivity index (χ0n) is 12.3. The quantitative estimate of drug-likeness (QED) is 0.717. The van der Waals surface area contributed by atoms with Crippen molar-refractivity contribution in [3.8, 4) is 5.75 Å². The number of alkyl halides is 3. The van der Waals surface area contributed by atoms with Crippen molar-refractivity contribution in [2.75, 3.05) is 5.32 Å². The molecule has 23 heavy (non-hydrogen) atoms. The number of aryl methyl sites for hydroxylation is 2. The summed E-state index contributed by atoms with van der Waals surface area (Å²) in [6.07, 6.45) is -5.56. The van der Waals surface area contributed by atoms with Crippen LogP contribution in [-0.2, 0) is 6.18 Å². The molecule has 0 heterocycles. The van der Waals surface area contributed by atoms with Gasteiger partial charge >= 0.3 is 12.3 Å². The first-order valence-electron chi connectivity index (χ1n) is 6.60. The highest BCUT2D eigenvalue weighted by atomic mass is 79.9. The van der Waals surface area contributed by atoms with Crippen LogP contribution in [0.1, 0.15) is 16.7 Å². The monoisotopic (exact) mass is 387 g/mol. The average molecular weight is 388 g/mol. The van der Waals surface area contributed by atoms with Crippen LogP contribution in [0.25, 0.3) is 0 Å². The van der Waals surface area contributed by atoms with E-state index in [1.54, 1.807) is 12.1 Å². The Hall–Kier alpha value is -2.02. The van der Waals surface area contributed by atoms with E-state index in [4.69, 9.17) is 4.74 Å². The first-order valence-corrected chi connectivity index (χ1v) is 7.39. The van der Waals surface area contributed by atoms with Crippen LogP contribution < -0.4 is 10.1 Å². The average Bonchev–Trinajstić information content (AvgIpc) is 2.44. The molecule has 2 aromatic carbocycles. The van der Waals surface area contributed by atoms with Crippen LogP contribution in [0, 0.1) is 13.8 Å². The van der Waals surface area contributed by atoms with Gasteiger partial charge in [0.15, 0.2) is 0 Å². The minimum Gasteiger partial charge on any atom is -0.409 e. The van der Waals surface area contributed by atoms with Gasteiger partial charge in [0, 0.05) is 0 Å². The molecule has 0 atom stereocenters. The molecule has 0 radical (unpaired) electrons. The highest BCUT2D eigenvalue weighted by molar-refractivity contribution is 9.10. The lowest BCUT2D eigenvalue weighted by Crippen LogP contribution is -2.20. The van der Waals surface area contributed by atoms with E-state index in [0.717, 1.165) is 17.2 Å². The molecule has 0 aromatic heterocycles. The first kappa shape index (κ1) is 17.3. The van der Waals surface area contributed by atoms with Gasteiger partial charge in [-0.2, -0.15) is 13.2 Å². The van der Waals surface area contributed by atoms with E-state index in [-0.39, 0.29) is 11.4 Å². The SMILES string of the molecule is Cc1cc(Br)c(OC(=O)Nc2ccccc2C(F)(F)F)cc1C. The topological polar surface area (TPSA) is 38.3 Å². The summed E-state index contributed by atoms with van der Waals surface area (Å²) >= 11 is 3.26. The molecule has 122 valence electrons. The van der Waals surface area contributed by atoms with E-state index < -0.39 is 17.8 Å². The molecule has 2 aromatic rings. The summed E-state index contributed by atoms with van der Waals surface area (Å²) in [4.78, 5) is 11.9. The minimum atomic E-state index is -4.56. The molecule has 0 aliphatic heterocycles. The first-order chi connectivity index (χ1) is 10.7. The Morgan fingerprint density at radius 1 is 1.13 bits per heavy atom. The maximum absolute atomic E-state index is 12.9. The van der Waals surface area contributed by atoms with Crippen LogP contribution >= 0.6 is 15.9 Å². The van der Waals surface area contributed by atoms with Crippen molar-refractivity contribution >= 4 is 27.7 Å². The van der Waals surface area contributed by atoms with Crippen LogP contribution in [0.5, 0.6) is 5.75 Å². The number of halogens is 4. The second-order valence-electron chi connectivity index (χ2n) is 4.92.